The van der Waals surface area contributed by atoms with E-state index in [1.807, 2.05) is 48.5 Å². The lowest BCUT2D eigenvalue weighted by Gasteiger charge is -2.11. The number of amides is 1. The largest absolute Gasteiger partial charge is 0.489 e. The topological polar surface area (TPSA) is 50.4 Å². The first kappa shape index (κ1) is 19.3. The van der Waals surface area contributed by atoms with Crippen molar-refractivity contribution in [1.82, 2.24) is 10.6 Å². The van der Waals surface area contributed by atoms with Crippen LogP contribution in [0.3, 0.4) is 0 Å². The number of halogens is 1. The standard InChI is InChI=1S/C20H24N2O2.ClH/c23-20(22-12-10-16-9-11-21-14-16)18-7-4-8-19(13-18)24-15-17-5-2-1-3-6-17;/h1-8,13,16,21H,9-12,14-15H2,(H,22,23);1H. The smallest absolute Gasteiger partial charge is 0.251 e. The molecule has 5 heteroatoms. The summed E-state index contributed by atoms with van der Waals surface area (Å²) in [4.78, 5) is 12.3. The van der Waals surface area contributed by atoms with Gasteiger partial charge >= 0.3 is 0 Å². The molecule has 3 rings (SSSR count). The fourth-order valence-corrected chi connectivity index (χ4v) is 2.92. The van der Waals surface area contributed by atoms with Crippen LogP contribution in [0.25, 0.3) is 0 Å². The lowest BCUT2D eigenvalue weighted by atomic mass is 10.1. The summed E-state index contributed by atoms with van der Waals surface area (Å²) in [6.45, 7) is 3.39. The van der Waals surface area contributed by atoms with Crippen LogP contribution < -0.4 is 15.4 Å². The van der Waals surface area contributed by atoms with E-state index < -0.39 is 0 Å². The molecule has 1 atom stereocenters. The van der Waals surface area contributed by atoms with Crippen LogP contribution in [0.5, 0.6) is 5.75 Å². The number of hydrogen-bond acceptors (Lipinski definition) is 3. The summed E-state index contributed by atoms with van der Waals surface area (Å²) in [7, 11) is 0. The van der Waals surface area contributed by atoms with Gasteiger partial charge in [0.1, 0.15) is 12.4 Å². The van der Waals surface area contributed by atoms with Crippen LogP contribution >= 0.6 is 12.4 Å². The van der Waals surface area contributed by atoms with Gasteiger partial charge < -0.3 is 15.4 Å². The highest BCUT2D eigenvalue weighted by atomic mass is 35.5. The first-order valence-electron chi connectivity index (χ1n) is 8.57. The molecule has 0 spiro atoms. The number of hydrogen-bond donors (Lipinski definition) is 2. The van der Waals surface area contributed by atoms with Gasteiger partial charge in [0.25, 0.3) is 5.91 Å². The Balaban J connectivity index is 0.00000225. The first-order chi connectivity index (χ1) is 11.8. The van der Waals surface area contributed by atoms with E-state index in [0.29, 0.717) is 23.8 Å². The second-order valence-electron chi connectivity index (χ2n) is 6.21. The molecule has 1 heterocycles. The summed E-state index contributed by atoms with van der Waals surface area (Å²) in [5.41, 5.74) is 1.75. The fourth-order valence-electron chi connectivity index (χ4n) is 2.92. The third kappa shape index (κ3) is 6.07. The molecule has 134 valence electrons. The number of nitrogens with one attached hydrogen (secondary N) is 2. The van der Waals surface area contributed by atoms with Gasteiger partial charge in [0, 0.05) is 12.1 Å². The van der Waals surface area contributed by atoms with Gasteiger partial charge in [0.15, 0.2) is 0 Å². The van der Waals surface area contributed by atoms with Crippen molar-refractivity contribution in [1.29, 1.82) is 0 Å². The number of ether oxygens (including phenoxy) is 1. The lowest BCUT2D eigenvalue weighted by Crippen LogP contribution is -2.26. The molecule has 0 aliphatic carbocycles. The van der Waals surface area contributed by atoms with Crippen molar-refractivity contribution < 1.29 is 9.53 Å². The Kier molecular flexibility index (Phi) is 7.76. The van der Waals surface area contributed by atoms with Crippen molar-refractivity contribution in [3.8, 4) is 5.75 Å². The molecule has 2 N–H and O–H groups in total. The average molecular weight is 361 g/mol. The first-order valence-corrected chi connectivity index (χ1v) is 8.57. The fraction of sp³-hybridized carbons (Fsp3) is 0.350. The minimum Gasteiger partial charge on any atom is -0.489 e. The molecule has 4 nitrogen and oxygen atoms in total. The summed E-state index contributed by atoms with van der Waals surface area (Å²) in [5.74, 6) is 1.36. The van der Waals surface area contributed by atoms with Crippen LogP contribution in [-0.2, 0) is 6.61 Å². The molecule has 0 aromatic heterocycles. The number of rotatable bonds is 7. The van der Waals surface area contributed by atoms with E-state index in [-0.39, 0.29) is 18.3 Å². The van der Waals surface area contributed by atoms with Gasteiger partial charge in [0.05, 0.1) is 0 Å². The molecule has 1 aliphatic rings. The Labute approximate surface area is 155 Å². The second-order valence-corrected chi connectivity index (χ2v) is 6.21. The summed E-state index contributed by atoms with van der Waals surface area (Å²) in [6.07, 6.45) is 2.24. The highest BCUT2D eigenvalue weighted by Crippen LogP contribution is 2.16. The molecule has 1 fully saturated rings. The molecular weight excluding hydrogens is 336 g/mol. The molecule has 1 amide bonds. The van der Waals surface area contributed by atoms with E-state index in [1.165, 1.54) is 6.42 Å². The van der Waals surface area contributed by atoms with Gasteiger partial charge in [-0.15, -0.1) is 12.4 Å². The van der Waals surface area contributed by atoms with Gasteiger partial charge in [0.2, 0.25) is 0 Å². The van der Waals surface area contributed by atoms with Gasteiger partial charge in [-0.25, -0.2) is 0 Å². The highest BCUT2D eigenvalue weighted by Gasteiger charge is 2.14. The molecule has 1 saturated heterocycles. The van der Waals surface area contributed by atoms with Crippen LogP contribution in [-0.4, -0.2) is 25.5 Å². The molecule has 0 radical (unpaired) electrons. The Morgan fingerprint density at radius 3 is 2.76 bits per heavy atom. The van der Waals surface area contributed by atoms with Crippen LogP contribution in [0.2, 0.25) is 0 Å². The summed E-state index contributed by atoms with van der Waals surface area (Å²) in [6, 6.07) is 17.4. The SMILES string of the molecule is Cl.O=C(NCCC1CCNC1)c1cccc(OCc2ccccc2)c1. The maximum absolute atomic E-state index is 12.3. The molecule has 25 heavy (non-hydrogen) atoms. The highest BCUT2D eigenvalue weighted by molar-refractivity contribution is 5.94. The van der Waals surface area contributed by atoms with Crippen molar-refractivity contribution in [3.63, 3.8) is 0 Å². The van der Waals surface area contributed by atoms with E-state index >= 15 is 0 Å². The molecule has 1 aliphatic heterocycles. The van der Waals surface area contributed by atoms with Crippen molar-refractivity contribution in [2.45, 2.75) is 19.4 Å². The predicted octanol–water partition coefficient (Wildman–Crippen LogP) is 3.42. The maximum Gasteiger partial charge on any atom is 0.251 e. The van der Waals surface area contributed by atoms with Crippen LogP contribution in [0, 0.1) is 5.92 Å². The van der Waals surface area contributed by atoms with E-state index in [9.17, 15) is 4.79 Å². The zero-order valence-corrected chi connectivity index (χ0v) is 15.1. The minimum absolute atomic E-state index is 0. The quantitative estimate of drug-likeness (QED) is 0.795. The molecule has 2 aromatic carbocycles. The summed E-state index contributed by atoms with van der Waals surface area (Å²) >= 11 is 0. The zero-order chi connectivity index (χ0) is 16.6. The Hall–Kier alpha value is -2.04. The Bertz CT molecular complexity index is 658. The minimum atomic E-state index is -0.0360. The molecule has 2 aromatic rings. The third-order valence-electron chi connectivity index (χ3n) is 4.35. The van der Waals surface area contributed by atoms with Crippen molar-refractivity contribution in [2.75, 3.05) is 19.6 Å². The maximum atomic E-state index is 12.3. The summed E-state index contributed by atoms with van der Waals surface area (Å²) < 4.78 is 5.78. The van der Waals surface area contributed by atoms with E-state index in [2.05, 4.69) is 10.6 Å². The number of carbonyl (C=O) groups is 1. The Morgan fingerprint density at radius 1 is 1.16 bits per heavy atom. The van der Waals surface area contributed by atoms with Gasteiger partial charge in [-0.2, -0.15) is 0 Å². The predicted molar refractivity (Wildman–Crippen MR) is 102 cm³/mol. The zero-order valence-electron chi connectivity index (χ0n) is 14.2. The average Bonchev–Trinajstić information content (AvgIpc) is 3.14. The third-order valence-corrected chi connectivity index (χ3v) is 4.35. The summed E-state index contributed by atoms with van der Waals surface area (Å²) in [5, 5.41) is 6.35. The molecule has 1 unspecified atom stereocenters. The molecule has 0 bridgehead atoms. The van der Waals surface area contributed by atoms with Gasteiger partial charge in [-0.1, -0.05) is 36.4 Å². The van der Waals surface area contributed by atoms with E-state index in [1.54, 1.807) is 6.07 Å². The molecule has 0 saturated carbocycles. The van der Waals surface area contributed by atoms with Crippen LogP contribution in [0.4, 0.5) is 0 Å². The van der Waals surface area contributed by atoms with Crippen molar-refractivity contribution in [2.24, 2.45) is 5.92 Å². The number of benzene rings is 2. The normalized spacial score (nSPS) is 16.1. The monoisotopic (exact) mass is 360 g/mol. The molecular formula is C20H25ClN2O2. The van der Waals surface area contributed by atoms with Crippen molar-refractivity contribution in [3.05, 3.63) is 65.7 Å². The van der Waals surface area contributed by atoms with Crippen molar-refractivity contribution >= 4 is 18.3 Å². The van der Waals surface area contributed by atoms with E-state index in [0.717, 1.165) is 31.6 Å². The van der Waals surface area contributed by atoms with Crippen LogP contribution in [0.15, 0.2) is 54.6 Å². The van der Waals surface area contributed by atoms with Gasteiger partial charge in [-0.3, -0.25) is 4.79 Å². The Morgan fingerprint density at radius 2 is 2.00 bits per heavy atom. The van der Waals surface area contributed by atoms with E-state index in [4.69, 9.17) is 4.74 Å². The van der Waals surface area contributed by atoms with Gasteiger partial charge in [-0.05, 0) is 55.6 Å². The second kappa shape index (κ2) is 10.1. The van der Waals surface area contributed by atoms with Crippen LogP contribution in [0.1, 0.15) is 28.8 Å². The lowest BCUT2D eigenvalue weighted by molar-refractivity contribution is 0.0951. The number of carbonyl (C=O) groups excluding carboxylic acids is 1.